The van der Waals surface area contributed by atoms with Crippen molar-refractivity contribution in [3.8, 4) is 0 Å². The van der Waals surface area contributed by atoms with E-state index in [1.165, 1.54) is 5.56 Å². The van der Waals surface area contributed by atoms with Crippen LogP contribution in [-0.2, 0) is 17.6 Å². The summed E-state index contributed by atoms with van der Waals surface area (Å²) < 4.78 is 1.02. The largest absolute Gasteiger partial charge is 0.341 e. The fraction of sp³-hybridized carbons (Fsp3) is 0.278. The molecule has 2 N–H and O–H groups in total. The van der Waals surface area contributed by atoms with Crippen LogP contribution in [0.3, 0.4) is 0 Å². The Balaban J connectivity index is 1.94. The van der Waals surface area contributed by atoms with E-state index < -0.39 is 0 Å². The van der Waals surface area contributed by atoms with Gasteiger partial charge in [-0.1, -0.05) is 58.4 Å². The lowest BCUT2D eigenvalue weighted by atomic mass is 10.1. The zero-order valence-electron chi connectivity index (χ0n) is 12.5. The Morgan fingerprint density at radius 2 is 1.64 bits per heavy atom. The molecule has 0 unspecified atom stereocenters. The summed E-state index contributed by atoms with van der Waals surface area (Å²) in [6.45, 7) is 1.79. The first-order valence-corrected chi connectivity index (χ1v) is 8.24. The third-order valence-corrected chi connectivity index (χ3v) is 4.06. The molecule has 0 saturated carbocycles. The first kappa shape index (κ1) is 16.7. The highest BCUT2D eigenvalue weighted by atomic mass is 79.9. The highest BCUT2D eigenvalue weighted by molar-refractivity contribution is 9.10. The number of rotatable bonds is 7. The van der Waals surface area contributed by atoms with Crippen molar-refractivity contribution in [1.82, 2.24) is 4.90 Å². The molecule has 0 bridgehead atoms. The second-order valence-electron chi connectivity index (χ2n) is 5.21. The summed E-state index contributed by atoms with van der Waals surface area (Å²) in [5.41, 5.74) is 7.91. The van der Waals surface area contributed by atoms with Crippen LogP contribution in [0.4, 0.5) is 0 Å². The van der Waals surface area contributed by atoms with Crippen molar-refractivity contribution in [3.63, 3.8) is 0 Å². The predicted molar refractivity (Wildman–Crippen MR) is 93.6 cm³/mol. The molecule has 3 nitrogen and oxygen atoms in total. The molecule has 0 radical (unpaired) electrons. The number of halogens is 1. The second-order valence-corrected chi connectivity index (χ2v) is 6.12. The number of nitrogens with two attached hydrogens (primary N) is 1. The van der Waals surface area contributed by atoms with Crippen LogP contribution in [0.1, 0.15) is 11.1 Å². The molecule has 2 rings (SSSR count). The molecule has 0 spiro atoms. The van der Waals surface area contributed by atoms with Gasteiger partial charge in [-0.15, -0.1) is 0 Å². The molecule has 2 aromatic rings. The highest BCUT2D eigenvalue weighted by Crippen LogP contribution is 2.12. The van der Waals surface area contributed by atoms with Crippen LogP contribution in [0, 0.1) is 0 Å². The molecule has 0 aliphatic rings. The molecule has 0 heterocycles. The van der Waals surface area contributed by atoms with E-state index >= 15 is 0 Å². The smallest absolute Gasteiger partial charge is 0.227 e. The molecule has 4 heteroatoms. The van der Waals surface area contributed by atoms with Crippen molar-refractivity contribution in [2.24, 2.45) is 5.73 Å². The van der Waals surface area contributed by atoms with Gasteiger partial charge in [-0.2, -0.15) is 0 Å². The molecule has 2 aromatic carbocycles. The van der Waals surface area contributed by atoms with Gasteiger partial charge in [0.1, 0.15) is 0 Å². The average molecular weight is 361 g/mol. The topological polar surface area (TPSA) is 46.3 Å². The number of hydrogen-bond acceptors (Lipinski definition) is 2. The molecular formula is C18H21BrN2O. The molecule has 0 aliphatic heterocycles. The lowest BCUT2D eigenvalue weighted by Crippen LogP contribution is -2.37. The molecule has 22 heavy (non-hydrogen) atoms. The van der Waals surface area contributed by atoms with Crippen molar-refractivity contribution in [2.75, 3.05) is 19.6 Å². The normalized spacial score (nSPS) is 10.5. The van der Waals surface area contributed by atoms with E-state index in [1.54, 1.807) is 0 Å². The van der Waals surface area contributed by atoms with E-state index in [-0.39, 0.29) is 5.91 Å². The molecule has 0 saturated heterocycles. The number of nitrogens with zero attached hydrogens (tertiary/aromatic N) is 1. The Kier molecular flexibility index (Phi) is 6.62. The van der Waals surface area contributed by atoms with Crippen LogP contribution in [0.15, 0.2) is 59.1 Å². The van der Waals surface area contributed by atoms with Crippen molar-refractivity contribution < 1.29 is 4.79 Å². The fourth-order valence-electron chi connectivity index (χ4n) is 2.31. The van der Waals surface area contributed by atoms with Gasteiger partial charge in [0, 0.05) is 24.1 Å². The Hall–Kier alpha value is -1.65. The lowest BCUT2D eigenvalue weighted by molar-refractivity contribution is -0.130. The Morgan fingerprint density at radius 3 is 2.27 bits per heavy atom. The summed E-state index contributed by atoms with van der Waals surface area (Å²) in [5.74, 6) is 0.128. The van der Waals surface area contributed by atoms with Crippen LogP contribution in [0.25, 0.3) is 0 Å². The van der Waals surface area contributed by atoms with E-state index in [1.807, 2.05) is 47.4 Å². The summed E-state index contributed by atoms with van der Waals surface area (Å²) in [6.07, 6.45) is 1.27. The maximum atomic E-state index is 12.5. The minimum atomic E-state index is 0.128. The summed E-state index contributed by atoms with van der Waals surface area (Å²) in [5, 5.41) is 0. The van der Waals surface area contributed by atoms with Gasteiger partial charge < -0.3 is 10.6 Å². The quantitative estimate of drug-likeness (QED) is 0.824. The van der Waals surface area contributed by atoms with Crippen molar-refractivity contribution in [2.45, 2.75) is 12.8 Å². The minimum Gasteiger partial charge on any atom is -0.341 e. The molecule has 116 valence electrons. The third-order valence-electron chi connectivity index (χ3n) is 3.53. The zero-order valence-corrected chi connectivity index (χ0v) is 14.1. The van der Waals surface area contributed by atoms with Gasteiger partial charge in [-0.05, 0) is 29.7 Å². The summed E-state index contributed by atoms with van der Waals surface area (Å²) in [6, 6.07) is 18.1. The number of hydrogen-bond donors (Lipinski definition) is 1. The molecule has 0 fully saturated rings. The summed E-state index contributed by atoms with van der Waals surface area (Å²) in [7, 11) is 0. The second kappa shape index (κ2) is 8.71. The SMILES string of the molecule is NCCN(CCc1ccccc1)C(=O)Cc1ccc(Br)cc1. The Morgan fingerprint density at radius 1 is 0.955 bits per heavy atom. The number of benzene rings is 2. The first-order chi connectivity index (χ1) is 10.7. The van der Waals surface area contributed by atoms with Crippen molar-refractivity contribution >= 4 is 21.8 Å². The molecule has 0 atom stereocenters. The van der Waals surface area contributed by atoms with Crippen LogP contribution in [0.5, 0.6) is 0 Å². The van der Waals surface area contributed by atoms with Gasteiger partial charge in [0.15, 0.2) is 0 Å². The van der Waals surface area contributed by atoms with Crippen LogP contribution in [-0.4, -0.2) is 30.4 Å². The molecule has 0 aliphatic carbocycles. The van der Waals surface area contributed by atoms with E-state index in [0.29, 0.717) is 26.1 Å². The summed E-state index contributed by atoms with van der Waals surface area (Å²) in [4.78, 5) is 14.3. The maximum absolute atomic E-state index is 12.5. The third kappa shape index (κ3) is 5.28. The van der Waals surface area contributed by atoms with Gasteiger partial charge in [0.05, 0.1) is 6.42 Å². The zero-order chi connectivity index (χ0) is 15.8. The van der Waals surface area contributed by atoms with E-state index in [9.17, 15) is 4.79 Å². The minimum absolute atomic E-state index is 0.128. The van der Waals surface area contributed by atoms with Gasteiger partial charge >= 0.3 is 0 Å². The van der Waals surface area contributed by atoms with Crippen molar-refractivity contribution in [3.05, 3.63) is 70.2 Å². The number of carbonyl (C=O) groups is 1. The van der Waals surface area contributed by atoms with Gasteiger partial charge in [0.25, 0.3) is 0 Å². The molecule has 1 amide bonds. The Bertz CT molecular complexity index is 584. The predicted octanol–water partition coefficient (Wildman–Crippen LogP) is 3.02. The number of amides is 1. The van der Waals surface area contributed by atoms with Gasteiger partial charge in [0.2, 0.25) is 5.91 Å². The van der Waals surface area contributed by atoms with E-state index in [4.69, 9.17) is 5.73 Å². The van der Waals surface area contributed by atoms with Crippen molar-refractivity contribution in [1.29, 1.82) is 0 Å². The monoisotopic (exact) mass is 360 g/mol. The van der Waals surface area contributed by atoms with Crippen LogP contribution in [0.2, 0.25) is 0 Å². The van der Waals surface area contributed by atoms with Gasteiger partial charge in [-0.3, -0.25) is 4.79 Å². The lowest BCUT2D eigenvalue weighted by Gasteiger charge is -2.22. The van der Waals surface area contributed by atoms with E-state index in [2.05, 4.69) is 28.1 Å². The Labute approximate surface area is 140 Å². The average Bonchev–Trinajstić information content (AvgIpc) is 2.54. The summed E-state index contributed by atoms with van der Waals surface area (Å²) >= 11 is 3.40. The molecule has 0 aromatic heterocycles. The first-order valence-electron chi connectivity index (χ1n) is 7.45. The fourth-order valence-corrected chi connectivity index (χ4v) is 2.58. The van der Waals surface area contributed by atoms with Gasteiger partial charge in [-0.25, -0.2) is 0 Å². The van der Waals surface area contributed by atoms with Crippen LogP contribution >= 0.6 is 15.9 Å². The van der Waals surface area contributed by atoms with Crippen LogP contribution < -0.4 is 5.73 Å². The highest BCUT2D eigenvalue weighted by Gasteiger charge is 2.13. The standard InChI is InChI=1S/C18H21BrN2O/c19-17-8-6-16(7-9-17)14-18(22)21(13-11-20)12-10-15-4-2-1-3-5-15/h1-9H,10-14,20H2. The maximum Gasteiger partial charge on any atom is 0.227 e. The number of carbonyl (C=O) groups excluding carboxylic acids is 1. The van der Waals surface area contributed by atoms with E-state index in [0.717, 1.165) is 16.5 Å². The molecular weight excluding hydrogens is 340 g/mol.